The summed E-state index contributed by atoms with van der Waals surface area (Å²) in [5, 5.41) is 7.56. The Labute approximate surface area is 337 Å². The molecule has 0 saturated heterocycles. The van der Waals surface area contributed by atoms with Gasteiger partial charge in [0.25, 0.3) is 0 Å². The first-order chi connectivity index (χ1) is 28.6. The van der Waals surface area contributed by atoms with E-state index in [1.54, 1.807) is 0 Å². The van der Waals surface area contributed by atoms with E-state index in [0.717, 1.165) is 28.4 Å². The third-order valence-electron chi connectivity index (χ3n) is 12.7. The van der Waals surface area contributed by atoms with Crippen molar-refractivity contribution >= 4 is 71.4 Å². The molecule has 0 fully saturated rings. The van der Waals surface area contributed by atoms with Gasteiger partial charge >= 0.3 is 0 Å². The van der Waals surface area contributed by atoms with Crippen molar-refractivity contribution in [3.8, 4) is 22.5 Å². The number of hydrogen-bond donors (Lipinski definition) is 0. The molecule has 12 rings (SSSR count). The van der Waals surface area contributed by atoms with Crippen LogP contribution in [0.3, 0.4) is 0 Å². The lowest BCUT2D eigenvalue weighted by molar-refractivity contribution is 0.660. The second-order valence-electron chi connectivity index (χ2n) is 16.1. The largest absolute Gasteiger partial charge is 0.310 e. The molecule has 3 heteroatoms. The fourth-order valence-electron chi connectivity index (χ4n) is 10.1. The number of hydrogen-bond acceptors (Lipinski definition) is 1. The van der Waals surface area contributed by atoms with Crippen LogP contribution in [0, 0.1) is 0 Å². The lowest BCUT2D eigenvalue weighted by Crippen LogP contribution is -2.16. The lowest BCUT2D eigenvalue weighted by atomic mass is 9.82. The van der Waals surface area contributed by atoms with Gasteiger partial charge in [0.1, 0.15) is 0 Å². The highest BCUT2D eigenvalue weighted by Crippen LogP contribution is 2.51. The van der Waals surface area contributed by atoms with Gasteiger partial charge in [0.2, 0.25) is 0 Å². The number of fused-ring (bicyclic) bond motifs is 13. The normalized spacial score (nSPS) is 13.1. The number of aromatic nitrogens is 2. The Hall–Kier alpha value is -7.36. The van der Waals surface area contributed by atoms with Crippen LogP contribution in [0.15, 0.2) is 200 Å². The van der Waals surface area contributed by atoms with Crippen molar-refractivity contribution in [2.75, 3.05) is 4.90 Å². The molecule has 9 aromatic carbocycles. The van der Waals surface area contributed by atoms with Gasteiger partial charge in [-0.1, -0.05) is 141 Å². The van der Waals surface area contributed by atoms with Crippen molar-refractivity contribution in [1.29, 1.82) is 0 Å². The maximum atomic E-state index is 2.51. The zero-order chi connectivity index (χ0) is 38.5. The number of para-hydroxylation sites is 4. The Kier molecular flexibility index (Phi) is 6.98. The summed E-state index contributed by atoms with van der Waals surface area (Å²) in [4.78, 5) is 2.40. The van der Waals surface area contributed by atoms with E-state index in [9.17, 15) is 0 Å². The summed E-state index contributed by atoms with van der Waals surface area (Å²) in [7, 11) is 0. The summed E-state index contributed by atoms with van der Waals surface area (Å²) in [6, 6.07) is 73.4. The van der Waals surface area contributed by atoms with Gasteiger partial charge in [-0.05, 0) is 100 Å². The van der Waals surface area contributed by atoms with Gasteiger partial charge in [-0.3, -0.25) is 0 Å². The van der Waals surface area contributed by atoms with Gasteiger partial charge in [-0.15, -0.1) is 0 Å². The van der Waals surface area contributed by atoms with Crippen molar-refractivity contribution in [2.45, 2.75) is 19.3 Å². The predicted molar refractivity (Wildman–Crippen MR) is 245 cm³/mol. The van der Waals surface area contributed by atoms with Gasteiger partial charge < -0.3 is 14.0 Å². The molecular weight excluding hydrogens is 703 g/mol. The van der Waals surface area contributed by atoms with Crippen LogP contribution in [0.25, 0.3) is 76.9 Å². The number of rotatable bonds is 5. The molecule has 0 unspecified atom stereocenters. The summed E-state index contributed by atoms with van der Waals surface area (Å²) in [6.07, 6.45) is 0. The Bertz CT molecular complexity index is 3410. The van der Waals surface area contributed by atoms with Gasteiger partial charge in [-0.2, -0.15) is 0 Å². The molecule has 0 bridgehead atoms. The van der Waals surface area contributed by atoms with Crippen LogP contribution in [0.2, 0.25) is 0 Å². The van der Waals surface area contributed by atoms with E-state index >= 15 is 0 Å². The van der Waals surface area contributed by atoms with Crippen molar-refractivity contribution in [3.05, 3.63) is 211 Å². The molecular formula is C55H39N3. The Morgan fingerprint density at radius 1 is 0.362 bits per heavy atom. The molecule has 3 nitrogen and oxygen atoms in total. The summed E-state index contributed by atoms with van der Waals surface area (Å²) in [5.74, 6) is 0. The molecule has 0 radical (unpaired) electrons. The van der Waals surface area contributed by atoms with Crippen LogP contribution in [-0.4, -0.2) is 9.13 Å². The van der Waals surface area contributed by atoms with Gasteiger partial charge in [0.05, 0.1) is 22.1 Å². The van der Waals surface area contributed by atoms with Crippen molar-refractivity contribution in [2.24, 2.45) is 0 Å². The van der Waals surface area contributed by atoms with Crippen LogP contribution in [0.5, 0.6) is 0 Å². The van der Waals surface area contributed by atoms with E-state index in [-0.39, 0.29) is 5.41 Å². The first kappa shape index (κ1) is 32.8. The lowest BCUT2D eigenvalue weighted by Gasteiger charge is -2.28. The summed E-state index contributed by atoms with van der Waals surface area (Å²) < 4.78 is 4.97. The summed E-state index contributed by atoms with van der Waals surface area (Å²) in [5.41, 5.74) is 15.8. The molecule has 1 aliphatic rings. The zero-order valence-electron chi connectivity index (χ0n) is 32.4. The number of benzene rings is 9. The van der Waals surface area contributed by atoms with E-state index in [2.05, 4.69) is 228 Å². The minimum Gasteiger partial charge on any atom is -0.310 e. The topological polar surface area (TPSA) is 13.1 Å². The standard InChI is InChI=1S/C55H39N3/c1-55(2)47-26-14-11-21-41(47)42-34-33-40(35-48(42)55)56(36-17-5-3-6-18-36)38-29-31-39(32-30-38)58-49-27-15-12-24-45(49)51-43-22-9-10-23-44(43)53-52(54(51)58)46-25-13-16-28-50(46)57(53)37-19-7-4-8-20-37/h3-35H,1-2H3. The highest BCUT2D eigenvalue weighted by Gasteiger charge is 2.36. The van der Waals surface area contributed by atoms with Crippen LogP contribution < -0.4 is 4.90 Å². The molecule has 0 saturated carbocycles. The molecule has 58 heavy (non-hydrogen) atoms. The highest BCUT2D eigenvalue weighted by molar-refractivity contribution is 6.36. The van der Waals surface area contributed by atoms with Crippen molar-refractivity contribution in [3.63, 3.8) is 0 Å². The first-order valence-electron chi connectivity index (χ1n) is 20.2. The summed E-state index contributed by atoms with van der Waals surface area (Å²) >= 11 is 0. The third kappa shape index (κ3) is 4.56. The Balaban J connectivity index is 1.11. The van der Waals surface area contributed by atoms with Gasteiger partial charge in [0, 0.05) is 60.8 Å². The van der Waals surface area contributed by atoms with Crippen LogP contribution in [0.4, 0.5) is 17.1 Å². The molecule has 11 aromatic rings. The van der Waals surface area contributed by atoms with E-state index in [4.69, 9.17) is 0 Å². The van der Waals surface area contributed by atoms with Crippen molar-refractivity contribution in [1.82, 2.24) is 9.13 Å². The fraction of sp³-hybridized carbons (Fsp3) is 0.0545. The second kappa shape index (κ2) is 12.3. The molecule has 1 aliphatic carbocycles. The fourth-order valence-corrected chi connectivity index (χ4v) is 10.1. The smallest absolute Gasteiger partial charge is 0.0647 e. The predicted octanol–water partition coefficient (Wildman–Crippen LogP) is 14.8. The molecule has 274 valence electrons. The molecule has 2 aromatic heterocycles. The monoisotopic (exact) mass is 741 g/mol. The van der Waals surface area contributed by atoms with E-state index < -0.39 is 0 Å². The average molecular weight is 742 g/mol. The number of anilines is 3. The van der Waals surface area contributed by atoms with E-state index in [1.165, 1.54) is 76.6 Å². The van der Waals surface area contributed by atoms with Crippen molar-refractivity contribution < 1.29 is 0 Å². The summed E-state index contributed by atoms with van der Waals surface area (Å²) in [6.45, 7) is 4.71. The number of nitrogens with zero attached hydrogens (tertiary/aromatic N) is 3. The minimum absolute atomic E-state index is 0.0934. The van der Waals surface area contributed by atoms with E-state index in [0.29, 0.717) is 0 Å². The molecule has 2 heterocycles. The first-order valence-corrected chi connectivity index (χ1v) is 20.2. The third-order valence-corrected chi connectivity index (χ3v) is 12.7. The van der Waals surface area contributed by atoms with Crippen LogP contribution >= 0.6 is 0 Å². The SMILES string of the molecule is CC1(C)c2ccccc2-c2ccc(N(c3ccccc3)c3ccc(-n4c5ccccc5c5c6ccccc6c6c(c7ccccc7n6-c6ccccc6)c54)cc3)cc21. The van der Waals surface area contributed by atoms with Crippen LogP contribution in [0.1, 0.15) is 25.0 Å². The molecule has 0 aliphatic heterocycles. The van der Waals surface area contributed by atoms with Gasteiger partial charge in [-0.25, -0.2) is 0 Å². The van der Waals surface area contributed by atoms with Gasteiger partial charge in [0.15, 0.2) is 0 Å². The Morgan fingerprint density at radius 2 is 0.862 bits per heavy atom. The van der Waals surface area contributed by atoms with E-state index in [1.807, 2.05) is 0 Å². The average Bonchev–Trinajstić information content (AvgIpc) is 3.89. The highest BCUT2D eigenvalue weighted by atomic mass is 15.1. The second-order valence-corrected chi connectivity index (χ2v) is 16.1. The molecule has 0 spiro atoms. The molecule has 0 amide bonds. The van der Waals surface area contributed by atoms with Crippen LogP contribution in [-0.2, 0) is 5.41 Å². The zero-order valence-corrected chi connectivity index (χ0v) is 32.4. The maximum Gasteiger partial charge on any atom is 0.0647 e. The quantitative estimate of drug-likeness (QED) is 0.171. The molecule has 0 N–H and O–H groups in total. The maximum absolute atomic E-state index is 2.51. The minimum atomic E-state index is -0.0934. The Morgan fingerprint density at radius 3 is 1.59 bits per heavy atom. The molecule has 0 atom stereocenters.